The van der Waals surface area contributed by atoms with E-state index < -0.39 is 6.10 Å². The number of rotatable bonds is 2. The Hall–Kier alpha value is -2.41. The highest BCUT2D eigenvalue weighted by Crippen LogP contribution is 2.29. The summed E-state index contributed by atoms with van der Waals surface area (Å²) in [5, 5.41) is 21.8. The summed E-state index contributed by atoms with van der Waals surface area (Å²) in [5.41, 5.74) is 1.68. The van der Waals surface area contributed by atoms with Crippen LogP contribution in [0, 0.1) is 11.3 Å². The second kappa shape index (κ2) is 5.53. The first-order chi connectivity index (χ1) is 10.2. The molecule has 3 nitrogen and oxygen atoms in total. The Kier molecular flexibility index (Phi) is 3.57. The fraction of sp³-hybridized carbons (Fsp3) is 0.0588. The highest BCUT2D eigenvalue weighted by molar-refractivity contribution is 6.30. The summed E-state index contributed by atoms with van der Waals surface area (Å²) in [6.45, 7) is 0. The van der Waals surface area contributed by atoms with Crippen molar-refractivity contribution in [3.8, 4) is 6.07 Å². The van der Waals surface area contributed by atoms with E-state index in [1.165, 1.54) is 6.20 Å². The lowest BCUT2D eigenvalue weighted by molar-refractivity contribution is 0.217. The first-order valence-corrected chi connectivity index (χ1v) is 6.80. The lowest BCUT2D eigenvalue weighted by Gasteiger charge is -2.14. The molecule has 0 aliphatic carbocycles. The molecule has 0 saturated carbocycles. The van der Waals surface area contributed by atoms with Gasteiger partial charge >= 0.3 is 0 Å². The summed E-state index contributed by atoms with van der Waals surface area (Å²) in [6, 6.07) is 16.6. The second-order valence-electron chi connectivity index (χ2n) is 4.67. The molecule has 1 atom stereocenters. The normalized spacial score (nSPS) is 12.0. The molecular formula is C17H11ClN2O. The van der Waals surface area contributed by atoms with Crippen molar-refractivity contribution >= 4 is 22.4 Å². The van der Waals surface area contributed by atoms with Gasteiger partial charge < -0.3 is 5.11 Å². The number of nitrogens with zero attached hydrogens (tertiary/aromatic N) is 2. The van der Waals surface area contributed by atoms with Gasteiger partial charge in [0.1, 0.15) is 12.2 Å². The quantitative estimate of drug-likeness (QED) is 0.781. The van der Waals surface area contributed by atoms with E-state index in [2.05, 4.69) is 11.1 Å². The maximum absolute atomic E-state index is 10.6. The van der Waals surface area contributed by atoms with E-state index >= 15 is 0 Å². The van der Waals surface area contributed by atoms with E-state index in [4.69, 9.17) is 16.9 Å². The van der Waals surface area contributed by atoms with Crippen molar-refractivity contribution in [1.29, 1.82) is 5.26 Å². The predicted molar refractivity (Wildman–Crippen MR) is 82.0 cm³/mol. The highest BCUT2D eigenvalue weighted by atomic mass is 35.5. The minimum Gasteiger partial charge on any atom is -0.382 e. The average Bonchev–Trinajstić information content (AvgIpc) is 2.53. The van der Waals surface area contributed by atoms with Crippen molar-refractivity contribution in [2.45, 2.75) is 6.10 Å². The summed E-state index contributed by atoms with van der Waals surface area (Å²) < 4.78 is 0. The van der Waals surface area contributed by atoms with Gasteiger partial charge in [0.15, 0.2) is 0 Å². The molecule has 4 heteroatoms. The van der Waals surface area contributed by atoms with Crippen molar-refractivity contribution < 1.29 is 5.11 Å². The Balaban J connectivity index is 2.19. The number of hydrogen-bond acceptors (Lipinski definition) is 3. The van der Waals surface area contributed by atoms with Gasteiger partial charge in [-0.1, -0.05) is 48.0 Å². The fourth-order valence-corrected chi connectivity index (χ4v) is 2.55. The first-order valence-electron chi connectivity index (χ1n) is 6.42. The SMILES string of the molecule is N#Cc1cnc(C(O)c2cccc(Cl)c2)c2ccccc12. The average molecular weight is 295 g/mol. The van der Waals surface area contributed by atoms with Crippen LogP contribution in [0.4, 0.5) is 0 Å². The maximum Gasteiger partial charge on any atom is 0.122 e. The Morgan fingerprint density at radius 2 is 1.86 bits per heavy atom. The van der Waals surface area contributed by atoms with Crippen LogP contribution in [0.3, 0.4) is 0 Å². The zero-order chi connectivity index (χ0) is 14.8. The van der Waals surface area contributed by atoms with Gasteiger partial charge in [-0.3, -0.25) is 4.98 Å². The second-order valence-corrected chi connectivity index (χ2v) is 5.11. The number of nitriles is 1. The molecule has 0 aliphatic rings. The Labute approximate surface area is 127 Å². The van der Waals surface area contributed by atoms with Gasteiger partial charge in [-0.25, -0.2) is 0 Å². The summed E-state index contributed by atoms with van der Waals surface area (Å²) in [7, 11) is 0. The van der Waals surface area contributed by atoms with Crippen LogP contribution in [0.2, 0.25) is 5.02 Å². The Bertz CT molecular complexity index is 855. The smallest absolute Gasteiger partial charge is 0.122 e. The van der Waals surface area contributed by atoms with Crippen LogP contribution < -0.4 is 0 Å². The van der Waals surface area contributed by atoms with Crippen molar-refractivity contribution in [2.24, 2.45) is 0 Å². The molecule has 1 aromatic heterocycles. The minimum atomic E-state index is -0.888. The van der Waals surface area contributed by atoms with Crippen LogP contribution in [0.25, 0.3) is 10.8 Å². The van der Waals surface area contributed by atoms with Crippen LogP contribution in [0.5, 0.6) is 0 Å². The van der Waals surface area contributed by atoms with Crippen LogP contribution in [-0.2, 0) is 0 Å². The number of fused-ring (bicyclic) bond motifs is 1. The van der Waals surface area contributed by atoms with Crippen LogP contribution in [0.1, 0.15) is 22.9 Å². The third-order valence-corrected chi connectivity index (χ3v) is 3.60. The van der Waals surface area contributed by atoms with Gasteiger partial charge in [0.2, 0.25) is 0 Å². The van der Waals surface area contributed by atoms with Crippen molar-refractivity contribution in [3.05, 3.63) is 76.6 Å². The third-order valence-electron chi connectivity index (χ3n) is 3.37. The number of aliphatic hydroxyl groups excluding tert-OH is 1. The van der Waals surface area contributed by atoms with E-state index in [0.29, 0.717) is 21.8 Å². The molecule has 21 heavy (non-hydrogen) atoms. The standard InChI is InChI=1S/C17H11ClN2O/c18-13-5-3-4-11(8-13)17(21)16-15-7-2-1-6-14(15)12(9-19)10-20-16/h1-8,10,17,21H. The van der Waals surface area contributed by atoms with Gasteiger partial charge in [-0.15, -0.1) is 0 Å². The Morgan fingerprint density at radius 3 is 2.57 bits per heavy atom. The molecule has 1 N–H and O–H groups in total. The lowest BCUT2D eigenvalue weighted by Crippen LogP contribution is -2.04. The van der Waals surface area contributed by atoms with Crippen molar-refractivity contribution in [2.75, 3.05) is 0 Å². The van der Waals surface area contributed by atoms with E-state index in [1.54, 1.807) is 24.3 Å². The van der Waals surface area contributed by atoms with E-state index in [0.717, 1.165) is 10.8 Å². The van der Waals surface area contributed by atoms with Gasteiger partial charge in [0.05, 0.1) is 11.3 Å². The van der Waals surface area contributed by atoms with Gasteiger partial charge in [0.25, 0.3) is 0 Å². The zero-order valence-corrected chi connectivity index (χ0v) is 11.7. The monoisotopic (exact) mass is 294 g/mol. The summed E-state index contributed by atoms with van der Waals surface area (Å²) in [5.74, 6) is 0. The third kappa shape index (κ3) is 2.47. The molecule has 3 rings (SSSR count). The van der Waals surface area contributed by atoms with Gasteiger partial charge in [-0.05, 0) is 17.7 Å². The van der Waals surface area contributed by atoms with Gasteiger partial charge in [0, 0.05) is 22.0 Å². The van der Waals surface area contributed by atoms with Gasteiger partial charge in [-0.2, -0.15) is 5.26 Å². The largest absolute Gasteiger partial charge is 0.382 e. The van der Waals surface area contributed by atoms with Crippen molar-refractivity contribution in [3.63, 3.8) is 0 Å². The van der Waals surface area contributed by atoms with Crippen LogP contribution in [-0.4, -0.2) is 10.1 Å². The number of halogens is 1. The molecule has 0 bridgehead atoms. The Morgan fingerprint density at radius 1 is 1.10 bits per heavy atom. The number of aliphatic hydroxyl groups is 1. The van der Waals surface area contributed by atoms with E-state index in [1.807, 2.05) is 24.3 Å². The molecule has 0 aliphatic heterocycles. The molecule has 0 spiro atoms. The molecule has 1 heterocycles. The highest BCUT2D eigenvalue weighted by Gasteiger charge is 2.16. The van der Waals surface area contributed by atoms with E-state index in [9.17, 15) is 5.11 Å². The molecule has 0 radical (unpaired) electrons. The van der Waals surface area contributed by atoms with Crippen molar-refractivity contribution in [1.82, 2.24) is 4.98 Å². The zero-order valence-electron chi connectivity index (χ0n) is 11.0. The van der Waals surface area contributed by atoms with Crippen LogP contribution >= 0.6 is 11.6 Å². The predicted octanol–water partition coefficient (Wildman–Crippen LogP) is 3.84. The summed E-state index contributed by atoms with van der Waals surface area (Å²) >= 11 is 5.97. The minimum absolute atomic E-state index is 0.493. The molecule has 1 unspecified atom stereocenters. The molecule has 0 amide bonds. The number of pyridine rings is 1. The van der Waals surface area contributed by atoms with E-state index in [-0.39, 0.29) is 0 Å². The number of hydrogen-bond donors (Lipinski definition) is 1. The molecule has 2 aromatic carbocycles. The molecule has 0 fully saturated rings. The van der Waals surface area contributed by atoms with Crippen LogP contribution in [0.15, 0.2) is 54.7 Å². The molecule has 0 saturated heterocycles. The summed E-state index contributed by atoms with van der Waals surface area (Å²) in [4.78, 5) is 4.27. The summed E-state index contributed by atoms with van der Waals surface area (Å²) in [6.07, 6.45) is 0.604. The maximum atomic E-state index is 10.6. The number of aromatic nitrogens is 1. The number of benzene rings is 2. The molecule has 3 aromatic rings. The molecule has 102 valence electrons. The fourth-order valence-electron chi connectivity index (χ4n) is 2.36. The lowest BCUT2D eigenvalue weighted by atomic mass is 9.99. The first kappa shape index (κ1) is 13.6. The molecular weight excluding hydrogens is 284 g/mol. The topological polar surface area (TPSA) is 56.9 Å².